The molecule has 74 valence electrons. The fourth-order valence-corrected chi connectivity index (χ4v) is 0.505. The molecule has 0 heterocycles. The number of carboxylic acids is 1. The highest BCUT2D eigenvalue weighted by molar-refractivity contribution is 5.93. The molecule has 0 spiro atoms. The average Bonchev–Trinajstić information content (AvgIpc) is 1.81. The van der Waals surface area contributed by atoms with Gasteiger partial charge in [0.25, 0.3) is 0 Å². The molecule has 0 aromatic heterocycles. The van der Waals surface area contributed by atoms with E-state index in [1.54, 1.807) is 20.8 Å². The van der Waals surface area contributed by atoms with Gasteiger partial charge in [0.2, 0.25) is 5.76 Å². The number of aliphatic hydroxyl groups excluding tert-OH is 1. The Labute approximate surface area is 75.6 Å². The Balaban J connectivity index is 4.32. The van der Waals surface area contributed by atoms with Crippen LogP contribution in [0.25, 0.3) is 0 Å². The van der Waals surface area contributed by atoms with Crippen LogP contribution in [0.2, 0.25) is 0 Å². The number of hydrogen-bond acceptors (Lipinski definition) is 4. The first-order valence-corrected chi connectivity index (χ1v) is 3.59. The van der Waals surface area contributed by atoms with E-state index in [1.165, 1.54) is 0 Å². The third-order valence-corrected chi connectivity index (χ3v) is 0.880. The van der Waals surface area contributed by atoms with E-state index in [0.717, 1.165) is 0 Å². The van der Waals surface area contributed by atoms with Crippen molar-refractivity contribution in [1.82, 2.24) is 0 Å². The van der Waals surface area contributed by atoms with Gasteiger partial charge in [-0.3, -0.25) is 0 Å². The van der Waals surface area contributed by atoms with Gasteiger partial charge < -0.3 is 14.9 Å². The maximum absolute atomic E-state index is 10.9. The molecule has 0 aliphatic heterocycles. The van der Waals surface area contributed by atoms with Crippen molar-refractivity contribution in [3.8, 4) is 0 Å². The van der Waals surface area contributed by atoms with Crippen LogP contribution in [0.15, 0.2) is 11.8 Å². The summed E-state index contributed by atoms with van der Waals surface area (Å²) in [6, 6.07) is 0. The van der Waals surface area contributed by atoms with Gasteiger partial charge in [-0.1, -0.05) is 0 Å². The maximum atomic E-state index is 10.9. The molecule has 5 heteroatoms. The Morgan fingerprint density at radius 1 is 1.23 bits per heavy atom. The minimum absolute atomic E-state index is 0.521. The van der Waals surface area contributed by atoms with Crippen molar-refractivity contribution >= 4 is 11.9 Å². The molecule has 0 bridgehead atoms. The molecule has 0 aliphatic rings. The fraction of sp³-hybridized carbons (Fsp3) is 0.500. The van der Waals surface area contributed by atoms with E-state index in [1.807, 2.05) is 0 Å². The molecule has 0 saturated carbocycles. The normalized spacial score (nSPS) is 12.4. The summed E-state index contributed by atoms with van der Waals surface area (Å²) in [4.78, 5) is 20.9. The van der Waals surface area contributed by atoms with E-state index in [4.69, 9.17) is 14.9 Å². The van der Waals surface area contributed by atoms with Crippen LogP contribution in [-0.4, -0.2) is 27.8 Å². The Hall–Kier alpha value is -1.52. The van der Waals surface area contributed by atoms with Gasteiger partial charge in [-0.2, -0.15) is 0 Å². The van der Waals surface area contributed by atoms with Crippen molar-refractivity contribution in [1.29, 1.82) is 0 Å². The number of aliphatic hydroxyl groups is 1. The zero-order valence-electron chi connectivity index (χ0n) is 7.70. The second-order valence-corrected chi connectivity index (χ2v) is 3.37. The topological polar surface area (TPSA) is 83.8 Å². The highest BCUT2D eigenvalue weighted by Crippen LogP contribution is 2.07. The molecule has 0 saturated heterocycles. The molecule has 5 nitrogen and oxygen atoms in total. The fourth-order valence-electron chi connectivity index (χ4n) is 0.505. The third kappa shape index (κ3) is 5.72. The predicted octanol–water partition coefficient (Wildman–Crippen LogP) is 0.855. The Morgan fingerprint density at radius 2 is 1.69 bits per heavy atom. The van der Waals surface area contributed by atoms with E-state index < -0.39 is 23.3 Å². The zero-order valence-corrected chi connectivity index (χ0v) is 7.70. The Kier molecular flexibility index (Phi) is 3.47. The summed E-state index contributed by atoms with van der Waals surface area (Å²) in [6.45, 7) is 4.91. The molecule has 13 heavy (non-hydrogen) atoms. The van der Waals surface area contributed by atoms with Crippen LogP contribution in [-0.2, 0) is 14.3 Å². The van der Waals surface area contributed by atoms with Crippen molar-refractivity contribution in [2.24, 2.45) is 0 Å². The summed E-state index contributed by atoms with van der Waals surface area (Å²) in [7, 11) is 0. The summed E-state index contributed by atoms with van der Waals surface area (Å²) >= 11 is 0. The van der Waals surface area contributed by atoms with Gasteiger partial charge in [0.05, 0.1) is 6.08 Å². The highest BCUT2D eigenvalue weighted by atomic mass is 16.6. The first-order valence-electron chi connectivity index (χ1n) is 3.59. The summed E-state index contributed by atoms with van der Waals surface area (Å²) in [5, 5.41) is 16.9. The number of esters is 1. The Morgan fingerprint density at radius 3 is 2.00 bits per heavy atom. The van der Waals surface area contributed by atoms with Crippen molar-refractivity contribution < 1.29 is 24.5 Å². The lowest BCUT2D eigenvalue weighted by molar-refractivity contribution is -0.149. The molecule has 0 atom stereocenters. The van der Waals surface area contributed by atoms with Crippen LogP contribution in [0.4, 0.5) is 0 Å². The monoisotopic (exact) mass is 188 g/mol. The molecule has 0 fully saturated rings. The number of rotatable bonds is 2. The highest BCUT2D eigenvalue weighted by Gasteiger charge is 2.16. The summed E-state index contributed by atoms with van der Waals surface area (Å²) < 4.78 is 4.72. The number of hydrogen-bond donors (Lipinski definition) is 2. The molecule has 0 radical (unpaired) electrons. The van der Waals surface area contributed by atoms with E-state index in [-0.39, 0.29) is 0 Å². The molecule has 2 N–H and O–H groups in total. The number of carboxylic acid groups (broad SMARTS) is 1. The SMILES string of the molecule is CC(C)(C)OC(=O)C=C(O)C(=O)O. The number of ether oxygens (including phenoxy) is 1. The van der Waals surface area contributed by atoms with Gasteiger partial charge in [0.1, 0.15) is 5.60 Å². The van der Waals surface area contributed by atoms with E-state index in [0.29, 0.717) is 6.08 Å². The van der Waals surface area contributed by atoms with Gasteiger partial charge in [-0.15, -0.1) is 0 Å². The quantitative estimate of drug-likeness (QED) is 0.381. The molecule has 0 amide bonds. The lowest BCUT2D eigenvalue weighted by atomic mass is 10.2. The van der Waals surface area contributed by atoms with Crippen molar-refractivity contribution in [2.45, 2.75) is 26.4 Å². The molecule has 0 rings (SSSR count). The predicted molar refractivity (Wildman–Crippen MR) is 44.2 cm³/mol. The number of carbonyl (C=O) groups excluding carboxylic acids is 1. The van der Waals surface area contributed by atoms with Gasteiger partial charge in [-0.05, 0) is 20.8 Å². The standard InChI is InChI=1S/C8H12O5/c1-8(2,3)13-6(10)4-5(9)7(11)12/h4,9H,1-3H3,(H,11,12). The largest absolute Gasteiger partial charge is 0.502 e. The lowest BCUT2D eigenvalue weighted by Crippen LogP contribution is -2.23. The maximum Gasteiger partial charge on any atom is 0.371 e. The second kappa shape index (κ2) is 3.93. The number of aliphatic carboxylic acids is 1. The smallest absolute Gasteiger partial charge is 0.371 e. The molecular formula is C8H12O5. The molecule has 0 aromatic rings. The van der Waals surface area contributed by atoms with E-state index >= 15 is 0 Å². The van der Waals surface area contributed by atoms with Crippen LogP contribution in [0.1, 0.15) is 20.8 Å². The molecule has 0 unspecified atom stereocenters. The van der Waals surface area contributed by atoms with Gasteiger partial charge in [0, 0.05) is 0 Å². The van der Waals surface area contributed by atoms with Crippen LogP contribution in [0, 0.1) is 0 Å². The lowest BCUT2D eigenvalue weighted by Gasteiger charge is -2.17. The van der Waals surface area contributed by atoms with Gasteiger partial charge in [-0.25, -0.2) is 9.59 Å². The van der Waals surface area contributed by atoms with Crippen LogP contribution < -0.4 is 0 Å². The van der Waals surface area contributed by atoms with Crippen molar-refractivity contribution in [2.75, 3.05) is 0 Å². The average molecular weight is 188 g/mol. The van der Waals surface area contributed by atoms with Crippen LogP contribution in [0.3, 0.4) is 0 Å². The van der Waals surface area contributed by atoms with Crippen LogP contribution >= 0.6 is 0 Å². The van der Waals surface area contributed by atoms with Crippen LogP contribution in [0.5, 0.6) is 0 Å². The summed E-state index contributed by atoms with van der Waals surface area (Å²) in [6.07, 6.45) is 0.521. The summed E-state index contributed by atoms with van der Waals surface area (Å²) in [5.74, 6) is -3.48. The van der Waals surface area contributed by atoms with Crippen molar-refractivity contribution in [3.05, 3.63) is 11.8 Å². The van der Waals surface area contributed by atoms with Gasteiger partial charge >= 0.3 is 11.9 Å². The van der Waals surface area contributed by atoms with E-state index in [2.05, 4.69) is 0 Å². The van der Waals surface area contributed by atoms with Gasteiger partial charge in [0.15, 0.2) is 0 Å². The zero-order chi connectivity index (χ0) is 10.6. The number of carbonyl (C=O) groups is 2. The molecular weight excluding hydrogens is 176 g/mol. The molecule has 0 aliphatic carbocycles. The second-order valence-electron chi connectivity index (χ2n) is 3.37. The Bertz CT molecular complexity index is 246. The van der Waals surface area contributed by atoms with E-state index in [9.17, 15) is 9.59 Å². The first kappa shape index (κ1) is 11.5. The third-order valence-electron chi connectivity index (χ3n) is 0.880. The first-order chi connectivity index (χ1) is 5.72. The summed E-state index contributed by atoms with van der Waals surface area (Å²) in [5.41, 5.74) is -0.702. The minimum atomic E-state index is -1.56. The van der Waals surface area contributed by atoms with Crippen molar-refractivity contribution in [3.63, 3.8) is 0 Å². The molecule has 0 aromatic carbocycles. The minimum Gasteiger partial charge on any atom is -0.502 e.